The van der Waals surface area contributed by atoms with Crippen molar-refractivity contribution in [3.05, 3.63) is 60.2 Å². The number of esters is 1. The van der Waals surface area contributed by atoms with Crippen LogP contribution in [0.25, 0.3) is 11.1 Å². The van der Waals surface area contributed by atoms with Crippen molar-refractivity contribution in [3.8, 4) is 11.1 Å². The molecule has 0 radical (unpaired) electrons. The molecule has 4 nitrogen and oxygen atoms in total. The number of benzene rings is 2. The maximum atomic E-state index is 12.1. The second kappa shape index (κ2) is 6.65. The molecule has 2 aromatic rings. The molecule has 1 atom stereocenters. The summed E-state index contributed by atoms with van der Waals surface area (Å²) in [6.45, 7) is 1.59. The highest BCUT2D eigenvalue weighted by Gasteiger charge is 2.27. The van der Waals surface area contributed by atoms with E-state index in [4.69, 9.17) is 4.74 Å². The monoisotopic (exact) mass is 309 g/mol. The third kappa shape index (κ3) is 3.97. The molecule has 1 N–H and O–H groups in total. The second-order valence-corrected chi connectivity index (χ2v) is 5.77. The number of carbonyl (C=O) groups is 2. The van der Waals surface area contributed by atoms with Gasteiger partial charge in [-0.1, -0.05) is 42.5 Å². The van der Waals surface area contributed by atoms with Crippen LogP contribution in [-0.4, -0.2) is 24.0 Å². The Hall–Kier alpha value is -2.62. The lowest BCUT2D eigenvalue weighted by Crippen LogP contribution is -2.37. The van der Waals surface area contributed by atoms with Gasteiger partial charge in [0.15, 0.2) is 6.10 Å². The molecule has 1 aliphatic rings. The highest BCUT2D eigenvalue weighted by molar-refractivity contribution is 5.92. The Bertz CT molecular complexity index is 690. The second-order valence-electron chi connectivity index (χ2n) is 5.77. The lowest BCUT2D eigenvalue weighted by atomic mass is 10.0. The summed E-state index contributed by atoms with van der Waals surface area (Å²) >= 11 is 0. The van der Waals surface area contributed by atoms with E-state index in [1.165, 1.54) is 0 Å². The van der Waals surface area contributed by atoms with Gasteiger partial charge >= 0.3 is 5.97 Å². The molecular formula is C19H19NO3. The normalized spacial score (nSPS) is 14.8. The van der Waals surface area contributed by atoms with Gasteiger partial charge < -0.3 is 10.1 Å². The van der Waals surface area contributed by atoms with Crippen molar-refractivity contribution >= 4 is 11.9 Å². The van der Waals surface area contributed by atoms with Gasteiger partial charge in [0.05, 0.1) is 5.56 Å². The average Bonchev–Trinajstić information content (AvgIpc) is 3.39. The van der Waals surface area contributed by atoms with Gasteiger partial charge in [-0.05, 0) is 43.0 Å². The van der Waals surface area contributed by atoms with E-state index in [0.29, 0.717) is 5.56 Å². The standard InChI is InChI=1S/C19H19NO3/c1-13(18(21)20-17-11-12-17)23-19(22)16-9-7-15(8-10-16)14-5-3-2-4-6-14/h2-10,13,17H,11-12H2,1H3,(H,20,21). The van der Waals surface area contributed by atoms with Crippen LogP contribution in [-0.2, 0) is 9.53 Å². The molecule has 2 aromatic carbocycles. The molecule has 1 unspecified atom stereocenters. The summed E-state index contributed by atoms with van der Waals surface area (Å²) in [5.41, 5.74) is 2.56. The van der Waals surface area contributed by atoms with Gasteiger partial charge in [-0.2, -0.15) is 0 Å². The van der Waals surface area contributed by atoms with Crippen molar-refractivity contribution < 1.29 is 14.3 Å². The summed E-state index contributed by atoms with van der Waals surface area (Å²) in [7, 11) is 0. The number of ether oxygens (including phenoxy) is 1. The topological polar surface area (TPSA) is 55.4 Å². The molecule has 0 bridgehead atoms. The maximum absolute atomic E-state index is 12.1. The Labute approximate surface area is 135 Å². The molecule has 1 aliphatic carbocycles. The molecule has 0 aromatic heterocycles. The van der Waals surface area contributed by atoms with E-state index in [-0.39, 0.29) is 11.9 Å². The Morgan fingerprint density at radius 3 is 2.22 bits per heavy atom. The van der Waals surface area contributed by atoms with Crippen LogP contribution in [0, 0.1) is 0 Å². The molecule has 23 heavy (non-hydrogen) atoms. The maximum Gasteiger partial charge on any atom is 0.338 e. The van der Waals surface area contributed by atoms with Crippen LogP contribution in [0.2, 0.25) is 0 Å². The van der Waals surface area contributed by atoms with Crippen LogP contribution >= 0.6 is 0 Å². The number of hydrogen-bond donors (Lipinski definition) is 1. The fourth-order valence-electron chi connectivity index (χ4n) is 2.26. The third-order valence-electron chi connectivity index (χ3n) is 3.80. The molecule has 0 heterocycles. The number of nitrogens with one attached hydrogen (secondary N) is 1. The molecule has 0 aliphatic heterocycles. The molecule has 3 rings (SSSR count). The fourth-order valence-corrected chi connectivity index (χ4v) is 2.26. The molecule has 1 saturated carbocycles. The lowest BCUT2D eigenvalue weighted by molar-refractivity contribution is -0.129. The minimum atomic E-state index is -0.781. The Kier molecular flexibility index (Phi) is 4.42. The van der Waals surface area contributed by atoms with Gasteiger partial charge in [-0.25, -0.2) is 4.79 Å². The Morgan fingerprint density at radius 2 is 1.61 bits per heavy atom. The fraction of sp³-hybridized carbons (Fsp3) is 0.263. The molecular weight excluding hydrogens is 290 g/mol. The van der Waals surface area contributed by atoms with Gasteiger partial charge in [0.25, 0.3) is 5.91 Å². The minimum Gasteiger partial charge on any atom is -0.449 e. The van der Waals surface area contributed by atoms with Crippen molar-refractivity contribution in [2.45, 2.75) is 31.9 Å². The Morgan fingerprint density at radius 1 is 1.00 bits per heavy atom. The molecule has 4 heteroatoms. The largest absolute Gasteiger partial charge is 0.449 e. The highest BCUT2D eigenvalue weighted by Crippen LogP contribution is 2.20. The van der Waals surface area contributed by atoms with Crippen molar-refractivity contribution in [2.24, 2.45) is 0 Å². The van der Waals surface area contributed by atoms with Crippen LogP contribution in [0.4, 0.5) is 0 Å². The van der Waals surface area contributed by atoms with Crippen LogP contribution in [0.15, 0.2) is 54.6 Å². The lowest BCUT2D eigenvalue weighted by Gasteiger charge is -2.13. The predicted molar refractivity (Wildman–Crippen MR) is 87.9 cm³/mol. The third-order valence-corrected chi connectivity index (χ3v) is 3.80. The van der Waals surface area contributed by atoms with E-state index in [9.17, 15) is 9.59 Å². The SMILES string of the molecule is CC(OC(=O)c1ccc(-c2ccccc2)cc1)C(=O)NC1CC1. The molecule has 118 valence electrons. The quantitative estimate of drug-likeness (QED) is 0.863. The zero-order valence-corrected chi connectivity index (χ0v) is 13.0. The molecule has 1 amide bonds. The zero-order chi connectivity index (χ0) is 16.2. The van der Waals surface area contributed by atoms with Crippen LogP contribution in [0.1, 0.15) is 30.1 Å². The average molecular weight is 309 g/mol. The van der Waals surface area contributed by atoms with Crippen LogP contribution in [0.5, 0.6) is 0 Å². The van der Waals surface area contributed by atoms with Crippen molar-refractivity contribution in [2.75, 3.05) is 0 Å². The van der Waals surface area contributed by atoms with Gasteiger partial charge in [0, 0.05) is 6.04 Å². The smallest absolute Gasteiger partial charge is 0.338 e. The first kappa shape index (κ1) is 15.3. The highest BCUT2D eigenvalue weighted by atomic mass is 16.5. The van der Waals surface area contributed by atoms with E-state index in [1.807, 2.05) is 42.5 Å². The number of amides is 1. The van der Waals surface area contributed by atoms with E-state index in [2.05, 4.69) is 5.32 Å². The summed E-state index contributed by atoms with van der Waals surface area (Å²) in [6, 6.07) is 17.4. The van der Waals surface area contributed by atoms with Gasteiger partial charge in [-0.15, -0.1) is 0 Å². The van der Waals surface area contributed by atoms with Crippen molar-refractivity contribution in [1.82, 2.24) is 5.32 Å². The van der Waals surface area contributed by atoms with Crippen LogP contribution < -0.4 is 5.32 Å². The summed E-state index contributed by atoms with van der Waals surface area (Å²) in [5, 5.41) is 2.82. The number of carbonyl (C=O) groups excluding carboxylic acids is 2. The summed E-state index contributed by atoms with van der Waals surface area (Å²) in [6.07, 6.45) is 1.23. The number of hydrogen-bond acceptors (Lipinski definition) is 3. The first-order chi connectivity index (χ1) is 11.1. The zero-order valence-electron chi connectivity index (χ0n) is 13.0. The molecule has 1 fully saturated rings. The summed E-state index contributed by atoms with van der Waals surface area (Å²) in [4.78, 5) is 23.9. The van der Waals surface area contributed by atoms with Crippen LogP contribution in [0.3, 0.4) is 0 Å². The van der Waals surface area contributed by atoms with E-state index < -0.39 is 12.1 Å². The number of rotatable bonds is 5. The molecule has 0 spiro atoms. The van der Waals surface area contributed by atoms with Gasteiger partial charge in [0.1, 0.15) is 0 Å². The Balaban J connectivity index is 1.62. The van der Waals surface area contributed by atoms with Crippen molar-refractivity contribution in [1.29, 1.82) is 0 Å². The van der Waals surface area contributed by atoms with Crippen molar-refractivity contribution in [3.63, 3.8) is 0 Å². The predicted octanol–water partition coefficient (Wildman–Crippen LogP) is 3.18. The minimum absolute atomic E-state index is 0.234. The van der Waals surface area contributed by atoms with E-state index >= 15 is 0 Å². The summed E-state index contributed by atoms with van der Waals surface area (Å²) < 4.78 is 5.22. The molecule has 0 saturated heterocycles. The first-order valence-electron chi connectivity index (χ1n) is 7.80. The van der Waals surface area contributed by atoms with Gasteiger partial charge in [0.2, 0.25) is 0 Å². The van der Waals surface area contributed by atoms with E-state index in [1.54, 1.807) is 19.1 Å². The summed E-state index contributed by atoms with van der Waals surface area (Å²) in [5.74, 6) is -0.718. The van der Waals surface area contributed by atoms with E-state index in [0.717, 1.165) is 24.0 Å². The van der Waals surface area contributed by atoms with Gasteiger partial charge in [-0.3, -0.25) is 4.79 Å². The first-order valence-corrected chi connectivity index (χ1v) is 7.80.